The van der Waals surface area contributed by atoms with Gasteiger partial charge in [-0.25, -0.2) is 0 Å². The van der Waals surface area contributed by atoms with Crippen molar-refractivity contribution in [1.82, 2.24) is 4.98 Å². The average Bonchev–Trinajstić information content (AvgIpc) is 2.82. The van der Waals surface area contributed by atoms with E-state index in [9.17, 15) is 9.90 Å². The lowest BCUT2D eigenvalue weighted by atomic mass is 10.1. The van der Waals surface area contributed by atoms with Crippen LogP contribution in [0.25, 0.3) is 21.8 Å². The SMILES string of the molecule is COc1cc(OC)c2[nH]c3cc(O)c(C=O)cc3c2c1. The van der Waals surface area contributed by atoms with E-state index in [2.05, 4.69) is 4.98 Å². The molecule has 0 aliphatic carbocycles. The number of fused-ring (bicyclic) bond motifs is 3. The van der Waals surface area contributed by atoms with Crippen LogP contribution in [-0.4, -0.2) is 30.6 Å². The Kier molecular flexibility index (Phi) is 2.75. The van der Waals surface area contributed by atoms with Crippen LogP contribution < -0.4 is 9.47 Å². The Morgan fingerprint density at radius 3 is 2.55 bits per heavy atom. The normalized spacial score (nSPS) is 10.9. The Balaban J connectivity index is 2.46. The Morgan fingerprint density at radius 1 is 1.10 bits per heavy atom. The predicted octanol–water partition coefficient (Wildman–Crippen LogP) is 2.86. The van der Waals surface area contributed by atoms with E-state index < -0.39 is 0 Å². The number of aldehydes is 1. The summed E-state index contributed by atoms with van der Waals surface area (Å²) in [5, 5.41) is 11.5. The van der Waals surface area contributed by atoms with Gasteiger partial charge in [-0.2, -0.15) is 0 Å². The number of hydrogen-bond donors (Lipinski definition) is 2. The molecule has 2 aromatic carbocycles. The minimum Gasteiger partial charge on any atom is -0.507 e. The van der Waals surface area contributed by atoms with Crippen molar-refractivity contribution in [3.05, 3.63) is 29.8 Å². The number of methoxy groups -OCH3 is 2. The van der Waals surface area contributed by atoms with Crippen LogP contribution in [0.5, 0.6) is 17.2 Å². The molecule has 1 aromatic heterocycles. The number of aromatic nitrogens is 1. The third-order valence-electron chi connectivity index (χ3n) is 3.37. The van der Waals surface area contributed by atoms with E-state index in [0.717, 1.165) is 21.8 Å². The summed E-state index contributed by atoms with van der Waals surface area (Å²) in [4.78, 5) is 14.1. The molecule has 1 heterocycles. The van der Waals surface area contributed by atoms with Gasteiger partial charge in [0.2, 0.25) is 0 Å². The zero-order valence-electron chi connectivity index (χ0n) is 11.1. The fourth-order valence-corrected chi connectivity index (χ4v) is 2.37. The van der Waals surface area contributed by atoms with Gasteiger partial charge in [0.15, 0.2) is 6.29 Å². The summed E-state index contributed by atoms with van der Waals surface area (Å²) < 4.78 is 10.6. The molecule has 0 amide bonds. The largest absolute Gasteiger partial charge is 0.507 e. The Morgan fingerprint density at radius 2 is 1.90 bits per heavy atom. The van der Waals surface area contributed by atoms with Gasteiger partial charge in [0, 0.05) is 22.9 Å². The van der Waals surface area contributed by atoms with Gasteiger partial charge >= 0.3 is 0 Å². The van der Waals surface area contributed by atoms with Crippen LogP contribution in [0.1, 0.15) is 10.4 Å². The van der Waals surface area contributed by atoms with Crippen LogP contribution in [0.15, 0.2) is 24.3 Å². The fourth-order valence-electron chi connectivity index (χ4n) is 2.37. The van der Waals surface area contributed by atoms with E-state index >= 15 is 0 Å². The zero-order valence-corrected chi connectivity index (χ0v) is 11.1. The molecule has 0 aliphatic heterocycles. The molecule has 20 heavy (non-hydrogen) atoms. The lowest BCUT2D eigenvalue weighted by Crippen LogP contribution is -1.87. The van der Waals surface area contributed by atoms with E-state index in [4.69, 9.17) is 9.47 Å². The van der Waals surface area contributed by atoms with Gasteiger partial charge in [-0.15, -0.1) is 0 Å². The highest BCUT2D eigenvalue weighted by Gasteiger charge is 2.13. The van der Waals surface area contributed by atoms with Gasteiger partial charge in [0.25, 0.3) is 0 Å². The highest BCUT2D eigenvalue weighted by atomic mass is 16.5. The van der Waals surface area contributed by atoms with Crippen LogP contribution >= 0.6 is 0 Å². The van der Waals surface area contributed by atoms with Crippen molar-refractivity contribution in [3.8, 4) is 17.2 Å². The zero-order chi connectivity index (χ0) is 14.3. The van der Waals surface area contributed by atoms with Crippen molar-refractivity contribution in [2.75, 3.05) is 14.2 Å². The van der Waals surface area contributed by atoms with Crippen LogP contribution in [-0.2, 0) is 0 Å². The van der Waals surface area contributed by atoms with Crippen LogP contribution in [0.4, 0.5) is 0 Å². The second-order valence-corrected chi connectivity index (χ2v) is 4.45. The molecule has 0 unspecified atom stereocenters. The maximum Gasteiger partial charge on any atom is 0.153 e. The predicted molar refractivity (Wildman–Crippen MR) is 76.0 cm³/mol. The van der Waals surface area contributed by atoms with E-state index in [-0.39, 0.29) is 11.3 Å². The number of phenols is 1. The number of aromatic hydroxyl groups is 1. The molecule has 3 rings (SSSR count). The molecule has 5 heteroatoms. The smallest absolute Gasteiger partial charge is 0.153 e. The second-order valence-electron chi connectivity index (χ2n) is 4.45. The molecule has 0 aliphatic rings. The first-order valence-electron chi connectivity index (χ1n) is 6.03. The first-order chi connectivity index (χ1) is 9.67. The van der Waals surface area contributed by atoms with E-state index in [1.807, 2.05) is 6.07 Å². The van der Waals surface area contributed by atoms with E-state index in [0.29, 0.717) is 17.8 Å². The molecule has 0 saturated heterocycles. The molecule has 102 valence electrons. The maximum atomic E-state index is 11.0. The van der Waals surface area contributed by atoms with Gasteiger partial charge in [0.1, 0.15) is 17.2 Å². The van der Waals surface area contributed by atoms with Gasteiger partial charge < -0.3 is 19.6 Å². The number of carbonyl (C=O) groups is 1. The standard InChI is InChI=1S/C15H13NO4/c1-19-9-4-11-10-3-8(7-17)13(18)6-12(10)16-15(11)14(5-9)20-2/h3-7,16,18H,1-2H3. The highest BCUT2D eigenvalue weighted by molar-refractivity contribution is 6.11. The monoisotopic (exact) mass is 271 g/mol. The molecule has 0 bridgehead atoms. The van der Waals surface area contributed by atoms with Crippen LogP contribution in [0.2, 0.25) is 0 Å². The summed E-state index contributed by atoms with van der Waals surface area (Å²) in [5.74, 6) is 1.25. The van der Waals surface area contributed by atoms with Crippen molar-refractivity contribution < 1.29 is 19.4 Å². The third-order valence-corrected chi connectivity index (χ3v) is 3.37. The second kappa shape index (κ2) is 4.45. The number of hydrogen-bond acceptors (Lipinski definition) is 4. The Hall–Kier alpha value is -2.69. The molecular weight excluding hydrogens is 258 g/mol. The lowest BCUT2D eigenvalue weighted by molar-refractivity contribution is 0.112. The summed E-state index contributed by atoms with van der Waals surface area (Å²) in [7, 11) is 3.16. The molecule has 0 saturated carbocycles. The first-order valence-corrected chi connectivity index (χ1v) is 6.03. The van der Waals surface area contributed by atoms with Crippen molar-refractivity contribution in [3.63, 3.8) is 0 Å². The highest BCUT2D eigenvalue weighted by Crippen LogP contribution is 2.37. The first kappa shape index (κ1) is 12.3. The van der Waals surface area contributed by atoms with Crippen molar-refractivity contribution in [2.45, 2.75) is 0 Å². The van der Waals surface area contributed by atoms with Gasteiger partial charge in [0.05, 0.1) is 30.8 Å². The number of aromatic amines is 1. The van der Waals surface area contributed by atoms with E-state index in [1.165, 1.54) is 6.07 Å². The summed E-state index contributed by atoms with van der Waals surface area (Å²) in [6, 6.07) is 6.82. The molecule has 5 nitrogen and oxygen atoms in total. The molecule has 0 spiro atoms. The Bertz CT molecular complexity index is 820. The van der Waals surface area contributed by atoms with Crippen molar-refractivity contribution in [1.29, 1.82) is 0 Å². The minimum absolute atomic E-state index is 0.0509. The minimum atomic E-state index is -0.0509. The number of nitrogens with one attached hydrogen (secondary N) is 1. The summed E-state index contributed by atoms with van der Waals surface area (Å²) in [6.45, 7) is 0. The van der Waals surface area contributed by atoms with Gasteiger partial charge in [-0.1, -0.05) is 0 Å². The van der Waals surface area contributed by atoms with Crippen LogP contribution in [0, 0.1) is 0 Å². The lowest BCUT2D eigenvalue weighted by Gasteiger charge is -2.05. The summed E-state index contributed by atoms with van der Waals surface area (Å²) in [6.07, 6.45) is 0.630. The molecule has 3 aromatic rings. The number of carbonyl (C=O) groups excluding carboxylic acids is 1. The van der Waals surface area contributed by atoms with Crippen molar-refractivity contribution in [2.24, 2.45) is 0 Å². The van der Waals surface area contributed by atoms with Crippen molar-refractivity contribution >= 4 is 28.1 Å². The molecule has 0 atom stereocenters. The third kappa shape index (κ3) is 1.67. The van der Waals surface area contributed by atoms with Gasteiger partial charge in [-0.3, -0.25) is 4.79 Å². The number of ether oxygens (including phenoxy) is 2. The summed E-state index contributed by atoms with van der Waals surface area (Å²) in [5.41, 5.74) is 1.78. The summed E-state index contributed by atoms with van der Waals surface area (Å²) >= 11 is 0. The molecule has 2 N–H and O–H groups in total. The number of benzene rings is 2. The number of rotatable bonds is 3. The molecule has 0 fully saturated rings. The van der Waals surface area contributed by atoms with E-state index in [1.54, 1.807) is 26.4 Å². The quantitative estimate of drug-likeness (QED) is 0.718. The Labute approximate surface area is 114 Å². The molecule has 0 radical (unpaired) electrons. The maximum absolute atomic E-state index is 11.0. The average molecular weight is 271 g/mol. The number of phenolic OH excluding ortho intramolecular Hbond substituents is 1. The topological polar surface area (TPSA) is 71.6 Å². The molecular formula is C15H13NO4. The fraction of sp³-hybridized carbons (Fsp3) is 0.133. The number of H-pyrrole nitrogens is 1. The van der Waals surface area contributed by atoms with Crippen LogP contribution in [0.3, 0.4) is 0 Å². The van der Waals surface area contributed by atoms with Gasteiger partial charge in [-0.05, 0) is 12.1 Å².